The van der Waals surface area contributed by atoms with Crippen LogP contribution < -0.4 is 5.32 Å². The molecule has 5 rings (SSSR count). The normalized spacial score (nSPS) is 14.7. The molecule has 0 saturated carbocycles. The molecular weight excluding hydrogens is 545 g/mol. The molecule has 0 atom stereocenters. The third-order valence-corrected chi connectivity index (χ3v) is 7.75. The molecule has 194 valence electrons. The minimum Gasteiger partial charge on any atom is -0.467 e. The number of rotatable bonds is 8. The predicted octanol–water partition coefficient (Wildman–Crippen LogP) is 6.66. The maximum absolute atomic E-state index is 13.2. The molecule has 1 aliphatic heterocycles. The Morgan fingerprint density at radius 2 is 1.95 bits per heavy atom. The summed E-state index contributed by atoms with van der Waals surface area (Å²) < 4.78 is 7.17. The van der Waals surface area contributed by atoms with Crippen molar-refractivity contribution in [1.29, 1.82) is 0 Å². The average molecular weight is 568 g/mol. The smallest absolute Gasteiger partial charge is 0.293 e. The molecule has 3 heterocycles. The zero-order valence-electron chi connectivity index (χ0n) is 20.4. The number of carbonyl (C=O) groups is 3. The highest BCUT2D eigenvalue weighted by atomic mass is 35.5. The summed E-state index contributed by atoms with van der Waals surface area (Å²) in [5, 5.41) is 4.26. The molecule has 2 aromatic carbocycles. The van der Waals surface area contributed by atoms with E-state index in [1.54, 1.807) is 42.7 Å². The first kappa shape index (κ1) is 26.2. The van der Waals surface area contributed by atoms with E-state index in [1.165, 1.54) is 4.90 Å². The number of benzene rings is 2. The van der Waals surface area contributed by atoms with E-state index in [9.17, 15) is 14.4 Å². The Hall–Kier alpha value is -3.46. The summed E-state index contributed by atoms with van der Waals surface area (Å²) in [6, 6.07) is 14.4. The monoisotopic (exact) mass is 567 g/mol. The van der Waals surface area contributed by atoms with Crippen LogP contribution in [0.25, 0.3) is 17.0 Å². The number of aryl methyl sites for hydroxylation is 1. The molecule has 1 saturated heterocycles. The molecule has 1 fully saturated rings. The first-order valence-electron chi connectivity index (χ1n) is 11.9. The van der Waals surface area contributed by atoms with Crippen molar-refractivity contribution < 1.29 is 18.8 Å². The Kier molecular flexibility index (Phi) is 7.65. The number of carbonyl (C=O) groups excluding carboxylic acids is 3. The molecule has 0 unspecified atom stereocenters. The van der Waals surface area contributed by atoms with Crippen molar-refractivity contribution in [1.82, 2.24) is 14.8 Å². The van der Waals surface area contributed by atoms with Crippen molar-refractivity contribution in [2.24, 2.45) is 0 Å². The van der Waals surface area contributed by atoms with E-state index in [0.717, 1.165) is 40.2 Å². The number of para-hydroxylation sites is 1. The molecule has 2 aromatic heterocycles. The molecule has 0 radical (unpaired) electrons. The molecule has 1 N–H and O–H groups in total. The van der Waals surface area contributed by atoms with Gasteiger partial charge in [0.2, 0.25) is 5.91 Å². The van der Waals surface area contributed by atoms with Gasteiger partial charge in [-0.05, 0) is 59.7 Å². The minimum atomic E-state index is -0.394. The van der Waals surface area contributed by atoms with Crippen LogP contribution in [0.5, 0.6) is 0 Å². The third-order valence-electron chi connectivity index (χ3n) is 6.25. The summed E-state index contributed by atoms with van der Waals surface area (Å²) in [7, 11) is 0. The van der Waals surface area contributed by atoms with Crippen molar-refractivity contribution in [2.45, 2.75) is 33.0 Å². The van der Waals surface area contributed by atoms with Crippen LogP contribution in [0.3, 0.4) is 0 Å². The Bertz CT molecular complexity index is 1580. The van der Waals surface area contributed by atoms with Crippen LogP contribution in [0.2, 0.25) is 10.0 Å². The quantitative estimate of drug-likeness (QED) is 0.241. The van der Waals surface area contributed by atoms with E-state index in [0.29, 0.717) is 32.8 Å². The van der Waals surface area contributed by atoms with Crippen molar-refractivity contribution in [3.8, 4) is 0 Å². The number of furan rings is 1. The highest BCUT2D eigenvalue weighted by molar-refractivity contribution is 8.18. The Balaban J connectivity index is 1.42. The summed E-state index contributed by atoms with van der Waals surface area (Å²) in [6.07, 6.45) is 5.90. The highest BCUT2D eigenvalue weighted by Gasteiger charge is 2.35. The number of nitrogens with one attached hydrogen (secondary N) is 1. The topological polar surface area (TPSA) is 84.5 Å². The number of nitrogens with zero attached hydrogens (tertiary/aromatic N) is 2. The first-order valence-corrected chi connectivity index (χ1v) is 13.5. The SMILES string of the molecule is CCc1cccc2c(/C=C3\SC(=O)N(Cc4ccc(Cl)cc4Cl)C3=O)cn(CC(=O)NCc3ccco3)c12. The summed E-state index contributed by atoms with van der Waals surface area (Å²) in [5.74, 6) is 0.104. The van der Waals surface area contributed by atoms with Crippen LogP contribution >= 0.6 is 35.0 Å². The fourth-order valence-corrected chi connectivity index (χ4v) is 5.70. The Labute approximate surface area is 233 Å². The van der Waals surface area contributed by atoms with E-state index >= 15 is 0 Å². The van der Waals surface area contributed by atoms with E-state index < -0.39 is 5.91 Å². The zero-order valence-corrected chi connectivity index (χ0v) is 22.7. The molecule has 0 aliphatic carbocycles. The summed E-state index contributed by atoms with van der Waals surface area (Å²) >= 11 is 13.1. The fourth-order valence-electron chi connectivity index (χ4n) is 4.40. The molecule has 7 nitrogen and oxygen atoms in total. The van der Waals surface area contributed by atoms with Crippen LogP contribution in [0.15, 0.2) is 70.3 Å². The van der Waals surface area contributed by atoms with Gasteiger partial charge in [0.1, 0.15) is 12.3 Å². The van der Waals surface area contributed by atoms with Gasteiger partial charge in [-0.15, -0.1) is 0 Å². The van der Waals surface area contributed by atoms with E-state index in [2.05, 4.69) is 12.2 Å². The Morgan fingerprint density at radius 3 is 2.68 bits per heavy atom. The zero-order chi connectivity index (χ0) is 26.8. The molecule has 3 amide bonds. The van der Waals surface area contributed by atoms with Crippen molar-refractivity contribution in [3.05, 3.63) is 98.4 Å². The lowest BCUT2D eigenvalue weighted by molar-refractivity contribution is -0.123. The van der Waals surface area contributed by atoms with Crippen LogP contribution in [0.4, 0.5) is 4.79 Å². The van der Waals surface area contributed by atoms with Gasteiger partial charge in [-0.2, -0.15) is 0 Å². The van der Waals surface area contributed by atoms with Crippen LogP contribution in [0.1, 0.15) is 29.4 Å². The van der Waals surface area contributed by atoms with Gasteiger partial charge in [0.25, 0.3) is 11.1 Å². The molecule has 4 aromatic rings. The lowest BCUT2D eigenvalue weighted by atomic mass is 10.1. The lowest BCUT2D eigenvalue weighted by Gasteiger charge is -2.13. The number of fused-ring (bicyclic) bond motifs is 1. The number of hydrogen-bond acceptors (Lipinski definition) is 5. The second kappa shape index (κ2) is 11.1. The predicted molar refractivity (Wildman–Crippen MR) is 150 cm³/mol. The van der Waals surface area contributed by atoms with Gasteiger partial charge in [-0.1, -0.05) is 54.4 Å². The molecule has 0 spiro atoms. The fraction of sp³-hybridized carbons (Fsp3) is 0.179. The maximum Gasteiger partial charge on any atom is 0.293 e. The number of halogens is 2. The van der Waals surface area contributed by atoms with Gasteiger partial charge in [-0.25, -0.2) is 0 Å². The number of amides is 3. The van der Waals surface area contributed by atoms with Gasteiger partial charge in [-0.3, -0.25) is 19.3 Å². The van der Waals surface area contributed by atoms with Crippen molar-refractivity contribution >= 4 is 69.0 Å². The van der Waals surface area contributed by atoms with Gasteiger partial charge in [0.05, 0.1) is 29.8 Å². The van der Waals surface area contributed by atoms with Gasteiger partial charge >= 0.3 is 0 Å². The van der Waals surface area contributed by atoms with Crippen molar-refractivity contribution in [2.75, 3.05) is 0 Å². The number of hydrogen-bond donors (Lipinski definition) is 1. The Morgan fingerprint density at radius 1 is 1.11 bits per heavy atom. The largest absolute Gasteiger partial charge is 0.467 e. The summed E-state index contributed by atoms with van der Waals surface area (Å²) in [4.78, 5) is 40.2. The highest BCUT2D eigenvalue weighted by Crippen LogP contribution is 2.36. The molecule has 1 aliphatic rings. The van der Waals surface area contributed by atoms with Crippen LogP contribution in [-0.4, -0.2) is 26.5 Å². The average Bonchev–Trinajstić information content (AvgIpc) is 3.60. The standard InChI is InChI=1S/C28H23Cl2N3O4S/c1-2-17-5-3-7-22-19(14-32(26(17)22)16-25(34)31-13-21-6-4-10-37-21)11-24-27(35)33(28(36)38-24)15-18-8-9-20(29)12-23(18)30/h3-12,14H,2,13,15-16H2,1H3,(H,31,34)/b24-11-. The van der Waals surface area contributed by atoms with Crippen molar-refractivity contribution in [3.63, 3.8) is 0 Å². The van der Waals surface area contributed by atoms with Gasteiger partial charge in [0, 0.05) is 27.2 Å². The molecular formula is C28H23Cl2N3O4S. The number of imide groups is 1. The van der Waals surface area contributed by atoms with Crippen LogP contribution in [0, 0.1) is 0 Å². The minimum absolute atomic E-state index is 0.0512. The lowest BCUT2D eigenvalue weighted by Crippen LogP contribution is -2.27. The van der Waals surface area contributed by atoms with Crippen LogP contribution in [-0.2, 0) is 35.6 Å². The first-order chi connectivity index (χ1) is 18.3. The van der Waals surface area contributed by atoms with Gasteiger partial charge < -0.3 is 14.3 Å². The van der Waals surface area contributed by atoms with E-state index in [1.807, 2.05) is 29.0 Å². The van der Waals surface area contributed by atoms with E-state index in [4.69, 9.17) is 27.6 Å². The molecule has 10 heteroatoms. The number of thioether (sulfide) groups is 1. The second-order valence-electron chi connectivity index (χ2n) is 8.74. The third kappa shape index (κ3) is 5.38. The van der Waals surface area contributed by atoms with Gasteiger partial charge in [0.15, 0.2) is 0 Å². The maximum atomic E-state index is 13.2. The summed E-state index contributed by atoms with van der Waals surface area (Å²) in [5.41, 5.74) is 3.38. The molecule has 38 heavy (non-hydrogen) atoms. The number of aromatic nitrogens is 1. The molecule has 0 bridgehead atoms. The van der Waals surface area contributed by atoms with E-state index in [-0.39, 0.29) is 24.2 Å². The second-order valence-corrected chi connectivity index (χ2v) is 10.6. The summed E-state index contributed by atoms with van der Waals surface area (Å²) in [6.45, 7) is 2.49.